The Morgan fingerprint density at radius 3 is 2.48 bits per heavy atom. The number of carbonyl (C=O) groups is 1. The highest BCUT2D eigenvalue weighted by Crippen LogP contribution is 2.33. The van der Waals surface area contributed by atoms with Crippen LogP contribution < -0.4 is 14.8 Å². The third-order valence-corrected chi connectivity index (χ3v) is 5.21. The minimum Gasteiger partial charge on any atom is -0.486 e. The molecule has 31 heavy (non-hydrogen) atoms. The van der Waals surface area contributed by atoms with Crippen LogP contribution in [0.1, 0.15) is 11.3 Å². The zero-order valence-electron chi connectivity index (χ0n) is 16.8. The van der Waals surface area contributed by atoms with Gasteiger partial charge in [0.15, 0.2) is 11.5 Å². The van der Waals surface area contributed by atoms with Gasteiger partial charge in [0.2, 0.25) is 5.91 Å². The summed E-state index contributed by atoms with van der Waals surface area (Å²) in [5.74, 6) is 1.10. The summed E-state index contributed by atoms with van der Waals surface area (Å²) in [6.45, 7) is 3.70. The number of hydrogen-bond acceptors (Lipinski definition) is 6. The van der Waals surface area contributed by atoms with E-state index in [4.69, 9.17) is 9.47 Å². The highest BCUT2D eigenvalue weighted by atomic mass is 19.4. The molecule has 0 atom stereocenters. The fourth-order valence-electron chi connectivity index (χ4n) is 3.69. The lowest BCUT2D eigenvalue weighted by Crippen LogP contribution is -2.48. The molecule has 0 radical (unpaired) electrons. The molecule has 166 valence electrons. The molecule has 1 saturated heterocycles. The van der Waals surface area contributed by atoms with E-state index >= 15 is 0 Å². The van der Waals surface area contributed by atoms with Crippen molar-refractivity contribution in [2.24, 2.45) is 0 Å². The summed E-state index contributed by atoms with van der Waals surface area (Å²) in [5, 5.41) is 2.85. The van der Waals surface area contributed by atoms with Crippen molar-refractivity contribution in [2.75, 3.05) is 51.3 Å². The fraction of sp³-hybridized carbons (Fsp3) is 0.429. The van der Waals surface area contributed by atoms with E-state index in [2.05, 4.69) is 10.3 Å². The number of nitrogens with zero attached hydrogens (tertiary/aromatic N) is 3. The number of pyridine rings is 1. The number of hydrogen-bond donors (Lipinski definition) is 1. The zero-order valence-corrected chi connectivity index (χ0v) is 16.8. The molecule has 10 heteroatoms. The van der Waals surface area contributed by atoms with E-state index in [1.54, 1.807) is 18.2 Å². The molecule has 1 N–H and O–H groups in total. The summed E-state index contributed by atoms with van der Waals surface area (Å²) in [7, 11) is 0. The number of benzene rings is 1. The van der Waals surface area contributed by atoms with Gasteiger partial charge in [0.05, 0.1) is 6.54 Å². The molecule has 1 aromatic carbocycles. The summed E-state index contributed by atoms with van der Waals surface area (Å²) in [4.78, 5) is 19.8. The normalized spacial score (nSPS) is 17.4. The van der Waals surface area contributed by atoms with Gasteiger partial charge in [0, 0.05) is 50.7 Å². The van der Waals surface area contributed by atoms with Crippen LogP contribution in [0, 0.1) is 0 Å². The molecule has 2 aliphatic rings. The van der Waals surface area contributed by atoms with E-state index in [0.29, 0.717) is 56.6 Å². The smallest absolute Gasteiger partial charge is 0.433 e. The SMILES string of the molecule is O=C(CN1CCN(Cc2cccnc2C(F)(F)F)CC1)Nc1ccc2c(c1)OCCO2. The largest absolute Gasteiger partial charge is 0.486 e. The van der Waals surface area contributed by atoms with Gasteiger partial charge >= 0.3 is 6.18 Å². The molecular weight excluding hydrogens is 413 g/mol. The molecule has 0 saturated carbocycles. The molecule has 0 unspecified atom stereocenters. The Balaban J connectivity index is 1.26. The van der Waals surface area contributed by atoms with Gasteiger partial charge in [-0.25, -0.2) is 0 Å². The van der Waals surface area contributed by atoms with Gasteiger partial charge < -0.3 is 14.8 Å². The first kappa shape index (κ1) is 21.4. The summed E-state index contributed by atoms with van der Waals surface area (Å²) in [6, 6.07) is 8.23. The molecule has 1 amide bonds. The van der Waals surface area contributed by atoms with Crippen LogP contribution in [0.2, 0.25) is 0 Å². The molecule has 1 aromatic heterocycles. The van der Waals surface area contributed by atoms with Crippen molar-refractivity contribution in [3.05, 3.63) is 47.8 Å². The number of rotatable bonds is 5. The van der Waals surface area contributed by atoms with Crippen molar-refractivity contribution < 1.29 is 27.4 Å². The molecule has 0 aliphatic carbocycles. The van der Waals surface area contributed by atoms with Crippen LogP contribution in [-0.4, -0.2) is 66.6 Å². The lowest BCUT2D eigenvalue weighted by molar-refractivity contribution is -0.142. The van der Waals surface area contributed by atoms with Crippen LogP contribution in [-0.2, 0) is 17.5 Å². The molecule has 0 bridgehead atoms. The van der Waals surface area contributed by atoms with Crippen LogP contribution >= 0.6 is 0 Å². The predicted molar refractivity (Wildman–Crippen MR) is 107 cm³/mol. The first-order chi connectivity index (χ1) is 14.9. The van der Waals surface area contributed by atoms with Crippen molar-refractivity contribution in [3.8, 4) is 11.5 Å². The molecule has 7 nitrogen and oxygen atoms in total. The lowest BCUT2D eigenvalue weighted by atomic mass is 10.1. The van der Waals surface area contributed by atoms with Crippen LogP contribution in [0.4, 0.5) is 18.9 Å². The van der Waals surface area contributed by atoms with Crippen LogP contribution in [0.25, 0.3) is 0 Å². The van der Waals surface area contributed by atoms with Crippen molar-refractivity contribution in [1.29, 1.82) is 0 Å². The number of nitrogens with one attached hydrogen (secondary N) is 1. The summed E-state index contributed by atoms with van der Waals surface area (Å²) in [6.07, 6.45) is -3.31. The lowest BCUT2D eigenvalue weighted by Gasteiger charge is -2.34. The number of alkyl halides is 3. The maximum atomic E-state index is 13.1. The Bertz CT molecular complexity index is 930. The van der Waals surface area contributed by atoms with Crippen LogP contribution in [0.15, 0.2) is 36.5 Å². The van der Waals surface area contributed by atoms with Gasteiger partial charge in [-0.2, -0.15) is 13.2 Å². The van der Waals surface area contributed by atoms with E-state index in [0.717, 1.165) is 6.20 Å². The second kappa shape index (κ2) is 9.11. The van der Waals surface area contributed by atoms with Crippen molar-refractivity contribution in [1.82, 2.24) is 14.8 Å². The van der Waals surface area contributed by atoms with Gasteiger partial charge in [-0.3, -0.25) is 19.6 Å². The van der Waals surface area contributed by atoms with Gasteiger partial charge in [-0.1, -0.05) is 6.07 Å². The first-order valence-electron chi connectivity index (χ1n) is 10.0. The van der Waals surface area contributed by atoms with Crippen LogP contribution in [0.5, 0.6) is 11.5 Å². The number of fused-ring (bicyclic) bond motifs is 1. The fourth-order valence-corrected chi connectivity index (χ4v) is 3.69. The Kier molecular flexibility index (Phi) is 6.28. The number of carbonyl (C=O) groups excluding carboxylic acids is 1. The molecule has 2 aromatic rings. The van der Waals surface area contributed by atoms with E-state index in [9.17, 15) is 18.0 Å². The summed E-state index contributed by atoms with van der Waals surface area (Å²) < 4.78 is 50.4. The molecule has 3 heterocycles. The number of ether oxygens (including phenoxy) is 2. The Hall–Kier alpha value is -2.85. The highest BCUT2D eigenvalue weighted by molar-refractivity contribution is 5.92. The predicted octanol–water partition coefficient (Wildman–Crippen LogP) is 2.63. The standard InChI is InChI=1S/C21H23F3N4O3/c22-21(23,24)20-15(2-1-5-25-20)13-27-6-8-28(9-7-27)14-19(29)26-16-3-4-17-18(12-16)31-11-10-30-17/h1-5,12H,6-11,13-14H2,(H,26,29). The Labute approximate surface area is 177 Å². The number of amides is 1. The highest BCUT2D eigenvalue weighted by Gasteiger charge is 2.35. The van der Waals surface area contributed by atoms with E-state index in [1.807, 2.05) is 9.80 Å². The van der Waals surface area contributed by atoms with Crippen molar-refractivity contribution in [3.63, 3.8) is 0 Å². The number of piperazine rings is 1. The zero-order chi connectivity index (χ0) is 21.8. The van der Waals surface area contributed by atoms with Gasteiger partial charge in [0.1, 0.15) is 18.9 Å². The van der Waals surface area contributed by atoms with Crippen LogP contribution in [0.3, 0.4) is 0 Å². The van der Waals surface area contributed by atoms with E-state index < -0.39 is 11.9 Å². The molecule has 2 aliphatic heterocycles. The topological polar surface area (TPSA) is 66.9 Å². The molecule has 1 fully saturated rings. The first-order valence-corrected chi connectivity index (χ1v) is 10.0. The molecule has 4 rings (SSSR count). The summed E-state index contributed by atoms with van der Waals surface area (Å²) in [5.41, 5.74) is -0.0415. The number of aromatic nitrogens is 1. The van der Waals surface area contributed by atoms with E-state index in [1.165, 1.54) is 12.1 Å². The number of anilines is 1. The van der Waals surface area contributed by atoms with Gasteiger partial charge in [-0.05, 0) is 23.8 Å². The maximum absolute atomic E-state index is 13.1. The van der Waals surface area contributed by atoms with Crippen molar-refractivity contribution >= 4 is 11.6 Å². The third-order valence-electron chi connectivity index (χ3n) is 5.21. The molecular formula is C21H23F3N4O3. The van der Waals surface area contributed by atoms with Crippen molar-refractivity contribution in [2.45, 2.75) is 12.7 Å². The Morgan fingerprint density at radius 1 is 1.03 bits per heavy atom. The monoisotopic (exact) mass is 436 g/mol. The minimum absolute atomic E-state index is 0.156. The Morgan fingerprint density at radius 2 is 1.74 bits per heavy atom. The quantitative estimate of drug-likeness (QED) is 0.778. The van der Waals surface area contributed by atoms with Gasteiger partial charge in [-0.15, -0.1) is 0 Å². The van der Waals surface area contributed by atoms with E-state index in [-0.39, 0.29) is 24.6 Å². The molecule has 0 spiro atoms. The average Bonchev–Trinajstić information content (AvgIpc) is 2.75. The average molecular weight is 436 g/mol. The maximum Gasteiger partial charge on any atom is 0.433 e. The second-order valence-electron chi connectivity index (χ2n) is 7.47. The summed E-state index contributed by atoms with van der Waals surface area (Å²) >= 11 is 0. The third kappa shape index (κ3) is 5.45. The van der Waals surface area contributed by atoms with Gasteiger partial charge in [0.25, 0.3) is 0 Å². The number of halogens is 3. The second-order valence-corrected chi connectivity index (χ2v) is 7.47. The minimum atomic E-state index is -4.47.